The number of amides is 2. The summed E-state index contributed by atoms with van der Waals surface area (Å²) in [5, 5.41) is 5.50. The zero-order valence-corrected chi connectivity index (χ0v) is 16.0. The highest BCUT2D eigenvalue weighted by Gasteiger charge is 2.28. The Bertz CT molecular complexity index is 985. The van der Waals surface area contributed by atoms with Gasteiger partial charge in [0.1, 0.15) is 0 Å². The number of anilines is 3. The van der Waals surface area contributed by atoms with Crippen molar-refractivity contribution >= 4 is 38.9 Å². The molecule has 0 aliphatic carbocycles. The number of rotatable bonds is 4. The number of nitrogens with one attached hydrogen (secondary N) is 2. The smallest absolute Gasteiger partial charge is 0.255 e. The Morgan fingerprint density at radius 1 is 1.04 bits per heavy atom. The molecule has 2 amide bonds. The Labute approximate surface area is 158 Å². The normalized spacial score (nSPS) is 15.4. The van der Waals surface area contributed by atoms with E-state index in [2.05, 4.69) is 10.6 Å². The predicted molar refractivity (Wildman–Crippen MR) is 106 cm³/mol. The SMILES string of the molecule is CC(=O)Nc1ccc(C)c(NC(=O)c2ccc(N3CCCS3(=O)=O)cc2)c1. The number of carbonyl (C=O) groups is 2. The van der Waals surface area contributed by atoms with Crippen LogP contribution in [-0.2, 0) is 14.8 Å². The first-order chi connectivity index (χ1) is 12.8. The van der Waals surface area contributed by atoms with Crippen LogP contribution in [0.4, 0.5) is 17.1 Å². The molecular formula is C19H21N3O4S. The molecule has 7 nitrogen and oxygen atoms in total. The van der Waals surface area contributed by atoms with Crippen LogP contribution < -0.4 is 14.9 Å². The van der Waals surface area contributed by atoms with Crippen LogP contribution in [0.5, 0.6) is 0 Å². The van der Waals surface area contributed by atoms with Crippen molar-refractivity contribution < 1.29 is 18.0 Å². The molecule has 8 heteroatoms. The molecule has 0 radical (unpaired) electrons. The van der Waals surface area contributed by atoms with Gasteiger partial charge in [-0.3, -0.25) is 13.9 Å². The van der Waals surface area contributed by atoms with Gasteiger partial charge in [0.2, 0.25) is 15.9 Å². The standard InChI is InChI=1S/C19H21N3O4S/c1-13-4-7-16(20-14(2)23)12-18(13)21-19(24)15-5-8-17(9-6-15)22-10-3-11-27(22,25)26/h4-9,12H,3,10-11H2,1-2H3,(H,20,23)(H,21,24). The van der Waals surface area contributed by atoms with E-state index < -0.39 is 10.0 Å². The molecule has 1 heterocycles. The van der Waals surface area contributed by atoms with E-state index >= 15 is 0 Å². The second-order valence-corrected chi connectivity index (χ2v) is 8.47. The third-order valence-electron chi connectivity index (χ3n) is 4.32. The molecule has 0 atom stereocenters. The summed E-state index contributed by atoms with van der Waals surface area (Å²) < 4.78 is 25.3. The maximum Gasteiger partial charge on any atom is 0.255 e. The Balaban J connectivity index is 1.76. The molecule has 2 aromatic rings. The number of nitrogens with zero attached hydrogens (tertiary/aromatic N) is 1. The molecule has 2 aromatic carbocycles. The Morgan fingerprint density at radius 3 is 2.33 bits per heavy atom. The topological polar surface area (TPSA) is 95.6 Å². The lowest BCUT2D eigenvalue weighted by Crippen LogP contribution is -2.25. The van der Waals surface area contributed by atoms with Crippen molar-refractivity contribution in [2.24, 2.45) is 0 Å². The summed E-state index contributed by atoms with van der Waals surface area (Å²) >= 11 is 0. The highest BCUT2D eigenvalue weighted by Crippen LogP contribution is 2.25. The average molecular weight is 387 g/mol. The van der Waals surface area contributed by atoms with E-state index in [0.717, 1.165) is 5.56 Å². The summed E-state index contributed by atoms with van der Waals surface area (Å²) in [4.78, 5) is 23.7. The van der Waals surface area contributed by atoms with Gasteiger partial charge in [0.25, 0.3) is 5.91 Å². The first-order valence-electron chi connectivity index (χ1n) is 8.56. The molecule has 0 unspecified atom stereocenters. The molecule has 0 aromatic heterocycles. The molecular weight excluding hydrogens is 366 g/mol. The van der Waals surface area contributed by atoms with Gasteiger partial charge in [0, 0.05) is 30.4 Å². The monoisotopic (exact) mass is 387 g/mol. The van der Waals surface area contributed by atoms with Gasteiger partial charge in [-0.15, -0.1) is 0 Å². The molecule has 3 rings (SSSR count). The van der Waals surface area contributed by atoms with E-state index in [9.17, 15) is 18.0 Å². The van der Waals surface area contributed by atoms with Crippen molar-refractivity contribution in [2.75, 3.05) is 27.2 Å². The van der Waals surface area contributed by atoms with Crippen molar-refractivity contribution in [1.82, 2.24) is 0 Å². The zero-order valence-electron chi connectivity index (χ0n) is 15.2. The molecule has 0 saturated carbocycles. The first kappa shape index (κ1) is 18.9. The maximum absolute atomic E-state index is 12.5. The van der Waals surface area contributed by atoms with Crippen molar-refractivity contribution in [3.05, 3.63) is 53.6 Å². The summed E-state index contributed by atoms with van der Waals surface area (Å²) in [6.45, 7) is 3.73. The molecule has 1 aliphatic heterocycles. The molecule has 0 bridgehead atoms. The van der Waals surface area contributed by atoms with Crippen molar-refractivity contribution in [3.63, 3.8) is 0 Å². The minimum Gasteiger partial charge on any atom is -0.326 e. The van der Waals surface area contributed by atoms with E-state index in [1.165, 1.54) is 11.2 Å². The summed E-state index contributed by atoms with van der Waals surface area (Å²) in [6.07, 6.45) is 0.606. The molecule has 0 spiro atoms. The third kappa shape index (κ3) is 4.28. The fourth-order valence-electron chi connectivity index (χ4n) is 2.94. The van der Waals surface area contributed by atoms with Gasteiger partial charge < -0.3 is 10.6 Å². The largest absolute Gasteiger partial charge is 0.326 e. The first-order valence-corrected chi connectivity index (χ1v) is 10.2. The van der Waals surface area contributed by atoms with Crippen LogP contribution in [0.3, 0.4) is 0 Å². The fourth-order valence-corrected chi connectivity index (χ4v) is 4.51. The van der Waals surface area contributed by atoms with Gasteiger partial charge in [0.05, 0.1) is 11.4 Å². The molecule has 27 heavy (non-hydrogen) atoms. The summed E-state index contributed by atoms with van der Waals surface area (Å²) in [7, 11) is -3.24. The van der Waals surface area contributed by atoms with Gasteiger partial charge in [-0.25, -0.2) is 8.42 Å². The molecule has 1 aliphatic rings. The minimum atomic E-state index is -3.24. The number of sulfonamides is 1. The van der Waals surface area contributed by atoms with Crippen LogP contribution in [0.1, 0.15) is 29.3 Å². The van der Waals surface area contributed by atoms with Gasteiger partial charge in [-0.05, 0) is 55.3 Å². The quantitative estimate of drug-likeness (QED) is 0.843. The highest BCUT2D eigenvalue weighted by atomic mass is 32.2. The zero-order chi connectivity index (χ0) is 19.6. The summed E-state index contributed by atoms with van der Waals surface area (Å²) in [5.41, 5.74) is 3.03. The predicted octanol–water partition coefficient (Wildman–Crippen LogP) is 2.75. The van der Waals surface area contributed by atoms with Crippen LogP contribution in [0, 0.1) is 6.92 Å². The van der Waals surface area contributed by atoms with E-state index in [0.29, 0.717) is 35.6 Å². The second-order valence-electron chi connectivity index (χ2n) is 6.45. The van der Waals surface area contributed by atoms with E-state index in [4.69, 9.17) is 0 Å². The van der Waals surface area contributed by atoms with Crippen LogP contribution in [0.2, 0.25) is 0 Å². The number of carbonyl (C=O) groups excluding carboxylic acids is 2. The van der Waals surface area contributed by atoms with Crippen LogP contribution in [0.25, 0.3) is 0 Å². The fraction of sp³-hybridized carbons (Fsp3) is 0.263. The van der Waals surface area contributed by atoms with Crippen LogP contribution in [-0.4, -0.2) is 32.5 Å². The van der Waals surface area contributed by atoms with Crippen molar-refractivity contribution in [1.29, 1.82) is 0 Å². The summed E-state index contributed by atoms with van der Waals surface area (Å²) in [5.74, 6) is -0.350. The Morgan fingerprint density at radius 2 is 1.74 bits per heavy atom. The Kier molecular flexibility index (Phi) is 5.18. The number of hydrogen-bond donors (Lipinski definition) is 2. The van der Waals surface area contributed by atoms with E-state index in [1.807, 2.05) is 13.0 Å². The van der Waals surface area contributed by atoms with Crippen molar-refractivity contribution in [3.8, 4) is 0 Å². The van der Waals surface area contributed by atoms with Gasteiger partial charge in [-0.1, -0.05) is 6.07 Å². The lowest BCUT2D eigenvalue weighted by Gasteiger charge is -2.17. The lowest BCUT2D eigenvalue weighted by atomic mass is 10.1. The highest BCUT2D eigenvalue weighted by molar-refractivity contribution is 7.93. The molecule has 142 valence electrons. The minimum absolute atomic E-state index is 0.152. The summed E-state index contributed by atoms with van der Waals surface area (Å²) in [6, 6.07) is 11.7. The van der Waals surface area contributed by atoms with E-state index in [-0.39, 0.29) is 17.6 Å². The number of benzene rings is 2. The second kappa shape index (κ2) is 7.40. The van der Waals surface area contributed by atoms with E-state index in [1.54, 1.807) is 36.4 Å². The van der Waals surface area contributed by atoms with Gasteiger partial charge in [-0.2, -0.15) is 0 Å². The average Bonchev–Trinajstić information content (AvgIpc) is 2.96. The lowest BCUT2D eigenvalue weighted by molar-refractivity contribution is -0.114. The molecule has 1 saturated heterocycles. The molecule has 1 fully saturated rings. The van der Waals surface area contributed by atoms with Crippen LogP contribution in [0.15, 0.2) is 42.5 Å². The maximum atomic E-state index is 12.5. The number of aryl methyl sites for hydroxylation is 1. The van der Waals surface area contributed by atoms with Crippen molar-refractivity contribution in [2.45, 2.75) is 20.3 Å². The third-order valence-corrected chi connectivity index (χ3v) is 6.19. The van der Waals surface area contributed by atoms with Gasteiger partial charge in [0.15, 0.2) is 0 Å². The van der Waals surface area contributed by atoms with Crippen LogP contribution >= 0.6 is 0 Å². The number of hydrogen-bond acceptors (Lipinski definition) is 4. The van der Waals surface area contributed by atoms with Gasteiger partial charge >= 0.3 is 0 Å². The molecule has 2 N–H and O–H groups in total. The Hall–Kier alpha value is -2.87.